The van der Waals surface area contributed by atoms with Gasteiger partial charge in [-0.05, 0) is 17.7 Å². The molecule has 0 radical (unpaired) electrons. The van der Waals surface area contributed by atoms with Crippen molar-refractivity contribution in [3.8, 4) is 17.0 Å². The van der Waals surface area contributed by atoms with Crippen molar-refractivity contribution >= 4 is 0 Å². The highest BCUT2D eigenvalue weighted by Gasteiger charge is 2.71. The summed E-state index contributed by atoms with van der Waals surface area (Å²) in [5.74, 6) is 0.852. The number of benzene rings is 1. The summed E-state index contributed by atoms with van der Waals surface area (Å²) in [5.41, 5.74) is -3.62. The number of likely N-dealkylation sites (tertiary alicyclic amines) is 1. The number of rotatable bonds is 4. The van der Waals surface area contributed by atoms with Crippen LogP contribution in [0.3, 0.4) is 0 Å². The van der Waals surface area contributed by atoms with Crippen LogP contribution in [0.15, 0.2) is 61.1 Å². The average Bonchev–Trinajstić information content (AvgIpc) is 3.22. The second-order valence-corrected chi connectivity index (χ2v) is 9.56. The van der Waals surface area contributed by atoms with Crippen molar-refractivity contribution < 1.29 is 36.2 Å². The van der Waals surface area contributed by atoms with E-state index in [1.54, 1.807) is 24.7 Å². The molecule has 2 aliphatic rings. The van der Waals surface area contributed by atoms with Crippen LogP contribution >= 0.6 is 0 Å². The van der Waals surface area contributed by atoms with Crippen molar-refractivity contribution in [3.63, 3.8) is 0 Å². The van der Waals surface area contributed by atoms with Gasteiger partial charge in [-0.1, -0.05) is 30.3 Å². The van der Waals surface area contributed by atoms with Gasteiger partial charge in [0.15, 0.2) is 0 Å². The normalized spacial score (nSPS) is 18.0. The first-order valence-corrected chi connectivity index (χ1v) is 11.7. The Kier molecular flexibility index (Phi) is 6.18. The lowest BCUT2D eigenvalue weighted by atomic mass is 9.87. The zero-order valence-corrected chi connectivity index (χ0v) is 19.5. The number of alkyl halides is 6. The van der Waals surface area contributed by atoms with Crippen LogP contribution in [0.4, 0.5) is 26.3 Å². The molecule has 0 atom stereocenters. The first kappa shape index (κ1) is 25.5. The third-order valence-electron chi connectivity index (χ3n) is 7.13. The lowest BCUT2D eigenvalue weighted by molar-refractivity contribution is -0.376. The van der Waals surface area contributed by atoms with Gasteiger partial charge in [0, 0.05) is 68.0 Å². The molecule has 196 valence electrons. The minimum atomic E-state index is -5.92. The van der Waals surface area contributed by atoms with Crippen LogP contribution in [0.5, 0.6) is 5.75 Å². The molecule has 37 heavy (non-hydrogen) atoms. The van der Waals surface area contributed by atoms with E-state index in [4.69, 9.17) is 4.74 Å². The predicted molar refractivity (Wildman–Crippen MR) is 121 cm³/mol. The summed E-state index contributed by atoms with van der Waals surface area (Å²) in [6, 6.07) is 8.89. The number of ether oxygens (including phenoxy) is 1. The molecule has 1 aromatic carbocycles. The van der Waals surface area contributed by atoms with Crippen molar-refractivity contribution in [1.82, 2.24) is 14.9 Å². The van der Waals surface area contributed by atoms with Crippen LogP contribution in [0.25, 0.3) is 11.3 Å². The summed E-state index contributed by atoms with van der Waals surface area (Å²) in [6.45, 7) is 2.33. The Morgan fingerprint density at radius 3 is 2.14 bits per heavy atom. The van der Waals surface area contributed by atoms with Crippen LogP contribution in [0, 0.1) is 0 Å². The van der Waals surface area contributed by atoms with E-state index in [0.29, 0.717) is 29.9 Å². The van der Waals surface area contributed by atoms with Crippen molar-refractivity contribution in [1.29, 1.82) is 0 Å². The molecule has 5 rings (SSSR count). The zero-order chi connectivity index (χ0) is 26.5. The van der Waals surface area contributed by atoms with E-state index in [0.717, 1.165) is 55.8 Å². The van der Waals surface area contributed by atoms with Gasteiger partial charge >= 0.3 is 12.4 Å². The predicted octanol–water partition coefficient (Wildman–Crippen LogP) is 5.43. The average molecular weight is 523 g/mol. The second-order valence-electron chi connectivity index (χ2n) is 9.56. The third-order valence-corrected chi connectivity index (χ3v) is 7.13. The summed E-state index contributed by atoms with van der Waals surface area (Å²) in [5, 5.41) is 9.54. The van der Waals surface area contributed by atoms with Crippen molar-refractivity contribution in [2.45, 2.75) is 49.4 Å². The third kappa shape index (κ3) is 4.66. The summed E-state index contributed by atoms with van der Waals surface area (Å²) < 4.78 is 84.8. The second kappa shape index (κ2) is 8.98. The molecule has 1 fully saturated rings. The number of aliphatic hydroxyl groups is 1. The number of aromatic nitrogens is 2. The zero-order valence-electron chi connectivity index (χ0n) is 19.5. The first-order valence-electron chi connectivity index (χ1n) is 11.7. The highest BCUT2D eigenvalue weighted by atomic mass is 19.4. The molecule has 1 N–H and O–H groups in total. The van der Waals surface area contributed by atoms with Crippen molar-refractivity contribution in [2.24, 2.45) is 0 Å². The fourth-order valence-electron chi connectivity index (χ4n) is 4.98. The van der Waals surface area contributed by atoms with Gasteiger partial charge in [-0.3, -0.25) is 14.9 Å². The van der Waals surface area contributed by atoms with E-state index in [2.05, 4.69) is 14.9 Å². The van der Waals surface area contributed by atoms with E-state index >= 15 is 0 Å². The van der Waals surface area contributed by atoms with E-state index in [-0.39, 0.29) is 5.60 Å². The molecule has 5 nitrogen and oxygen atoms in total. The van der Waals surface area contributed by atoms with Gasteiger partial charge in [-0.25, -0.2) is 0 Å². The molecule has 11 heteroatoms. The van der Waals surface area contributed by atoms with Crippen LogP contribution in [0.2, 0.25) is 0 Å². The highest BCUT2D eigenvalue weighted by molar-refractivity contribution is 5.60. The molecule has 4 heterocycles. The quantitative estimate of drug-likeness (QED) is 0.463. The van der Waals surface area contributed by atoms with Crippen LogP contribution in [-0.4, -0.2) is 51.0 Å². The van der Waals surface area contributed by atoms with E-state index in [9.17, 15) is 31.4 Å². The Bertz CT molecular complexity index is 1210. The number of hydrogen-bond acceptors (Lipinski definition) is 5. The molecular weight excluding hydrogens is 500 g/mol. The standard InChI is InChI=1S/C26H23F6N3O2/c27-25(28,29)24(36,26(30,31)32)20-4-2-18(3-5-20)21-6-1-17(14-34-21)16-35-11-8-23(9-12-35)13-19-7-10-33-15-22(19)37-23/h1-7,10,14-15,36H,8-9,11-13,16H2. The Morgan fingerprint density at radius 2 is 1.57 bits per heavy atom. The van der Waals surface area contributed by atoms with E-state index < -0.39 is 23.5 Å². The van der Waals surface area contributed by atoms with Crippen molar-refractivity contribution in [2.75, 3.05) is 13.1 Å². The Hall–Kier alpha value is -3.18. The molecule has 0 saturated carbocycles. The maximum absolute atomic E-state index is 13.1. The number of fused-ring (bicyclic) bond motifs is 1. The molecular formula is C26H23F6N3O2. The van der Waals surface area contributed by atoms with Crippen LogP contribution < -0.4 is 4.74 Å². The molecule has 0 aliphatic carbocycles. The summed E-state index contributed by atoms with van der Waals surface area (Å²) in [6.07, 6.45) is -4.06. The minimum Gasteiger partial charge on any atom is -0.485 e. The molecule has 0 amide bonds. The topological polar surface area (TPSA) is 58.5 Å². The van der Waals surface area contributed by atoms with Gasteiger partial charge in [-0.2, -0.15) is 26.3 Å². The number of halogens is 6. The molecule has 0 bridgehead atoms. The maximum atomic E-state index is 13.1. The van der Waals surface area contributed by atoms with Gasteiger partial charge < -0.3 is 9.84 Å². The lowest BCUT2D eigenvalue weighted by Gasteiger charge is -2.38. The Labute approximate surface area is 208 Å². The number of pyridine rings is 2. The number of hydrogen-bond donors (Lipinski definition) is 1. The summed E-state index contributed by atoms with van der Waals surface area (Å²) >= 11 is 0. The molecule has 2 aromatic heterocycles. The highest BCUT2D eigenvalue weighted by Crippen LogP contribution is 2.50. The lowest BCUT2D eigenvalue weighted by Crippen LogP contribution is -2.53. The van der Waals surface area contributed by atoms with E-state index in [1.807, 2.05) is 12.1 Å². The minimum absolute atomic E-state index is 0.194. The molecule has 3 aromatic rings. The molecule has 0 unspecified atom stereocenters. The van der Waals surface area contributed by atoms with Crippen LogP contribution in [0.1, 0.15) is 29.5 Å². The summed E-state index contributed by atoms with van der Waals surface area (Å²) in [4.78, 5) is 10.7. The largest absolute Gasteiger partial charge is 0.485 e. The van der Waals surface area contributed by atoms with Crippen LogP contribution in [-0.2, 0) is 18.6 Å². The fourth-order valence-corrected chi connectivity index (χ4v) is 4.98. The molecule has 2 aliphatic heterocycles. The first-order chi connectivity index (χ1) is 17.4. The Morgan fingerprint density at radius 1 is 0.892 bits per heavy atom. The smallest absolute Gasteiger partial charge is 0.430 e. The SMILES string of the molecule is OC(c1ccc(-c2ccc(CN3CCC4(CC3)Cc3ccncc3O4)cn2)cc1)(C(F)(F)F)C(F)(F)F. The fraction of sp³-hybridized carbons (Fsp3) is 0.385. The van der Waals surface area contributed by atoms with Gasteiger partial charge in [0.1, 0.15) is 11.4 Å². The van der Waals surface area contributed by atoms with Gasteiger partial charge in [0.2, 0.25) is 0 Å². The van der Waals surface area contributed by atoms with Gasteiger partial charge in [0.05, 0.1) is 11.9 Å². The molecule has 1 spiro atoms. The van der Waals surface area contributed by atoms with Gasteiger partial charge in [0.25, 0.3) is 5.60 Å². The van der Waals surface area contributed by atoms with Gasteiger partial charge in [-0.15, -0.1) is 0 Å². The Balaban J connectivity index is 1.22. The summed E-state index contributed by atoms with van der Waals surface area (Å²) in [7, 11) is 0. The monoisotopic (exact) mass is 523 g/mol. The number of nitrogens with zero attached hydrogens (tertiary/aromatic N) is 3. The van der Waals surface area contributed by atoms with E-state index in [1.165, 1.54) is 5.56 Å². The molecule has 1 saturated heterocycles. The maximum Gasteiger partial charge on any atom is 0.430 e. The number of piperidine rings is 1. The van der Waals surface area contributed by atoms with Crippen molar-refractivity contribution in [3.05, 3.63) is 77.7 Å².